The van der Waals surface area contributed by atoms with E-state index in [1.165, 1.54) is 6.33 Å². The number of rotatable bonds is 5. The number of hydrogen-bond acceptors (Lipinski definition) is 9. The lowest BCUT2D eigenvalue weighted by Gasteiger charge is -2.05. The monoisotopic (exact) mass is 294 g/mol. The van der Waals surface area contributed by atoms with E-state index in [0.717, 1.165) is 24.6 Å². The van der Waals surface area contributed by atoms with Crippen LogP contribution in [0.3, 0.4) is 0 Å². The molecule has 0 aromatic carbocycles. The van der Waals surface area contributed by atoms with Crippen molar-refractivity contribution in [1.29, 1.82) is 0 Å². The average Bonchev–Trinajstić information content (AvgIpc) is 3.18. The number of hydrogen-bond donors (Lipinski definition) is 1. The summed E-state index contributed by atoms with van der Waals surface area (Å²) in [6.07, 6.45) is 3.31. The molecule has 104 valence electrons. The summed E-state index contributed by atoms with van der Waals surface area (Å²) in [7, 11) is 1.57. The molecule has 0 aliphatic heterocycles. The molecule has 0 amide bonds. The van der Waals surface area contributed by atoms with E-state index in [4.69, 9.17) is 0 Å². The molecule has 1 N–H and O–H groups in total. The summed E-state index contributed by atoms with van der Waals surface area (Å²) in [4.78, 5) is 18.5. The lowest BCUT2D eigenvalue weighted by Crippen LogP contribution is -2.04. The molecule has 10 nitrogen and oxygen atoms in total. The van der Waals surface area contributed by atoms with Gasteiger partial charge in [0.2, 0.25) is 11.0 Å². The lowest BCUT2D eigenvalue weighted by atomic mass is 10.5. The smallest absolute Gasteiger partial charge is 0.343 e. The summed E-state index contributed by atoms with van der Waals surface area (Å²) in [6.45, 7) is 0. The molecule has 2 aromatic rings. The number of anilines is 1. The second kappa shape index (κ2) is 5.00. The van der Waals surface area contributed by atoms with Crippen LogP contribution in [-0.2, 0) is 0 Å². The van der Waals surface area contributed by atoms with Crippen molar-refractivity contribution in [1.82, 2.24) is 30.2 Å². The van der Waals surface area contributed by atoms with Gasteiger partial charge in [-0.25, -0.2) is 14.6 Å². The molecular formula is C9H10N8O2S. The van der Waals surface area contributed by atoms with Gasteiger partial charge in [-0.1, -0.05) is 0 Å². The van der Waals surface area contributed by atoms with E-state index >= 15 is 0 Å². The van der Waals surface area contributed by atoms with Crippen molar-refractivity contribution in [2.24, 2.45) is 0 Å². The summed E-state index contributed by atoms with van der Waals surface area (Å²) in [5.41, 5.74) is -0.176. The van der Waals surface area contributed by atoms with Crippen LogP contribution in [-0.4, -0.2) is 42.1 Å². The third-order valence-corrected chi connectivity index (χ3v) is 3.69. The second-order valence-electron chi connectivity index (χ2n) is 4.12. The fourth-order valence-corrected chi connectivity index (χ4v) is 2.57. The lowest BCUT2D eigenvalue weighted by molar-refractivity contribution is -0.387. The molecule has 1 saturated carbocycles. The Morgan fingerprint density at radius 1 is 1.50 bits per heavy atom. The van der Waals surface area contributed by atoms with E-state index in [9.17, 15) is 10.1 Å². The molecule has 3 rings (SSSR count). The predicted octanol–water partition coefficient (Wildman–Crippen LogP) is 0.899. The van der Waals surface area contributed by atoms with Gasteiger partial charge in [0, 0.05) is 7.05 Å². The highest BCUT2D eigenvalue weighted by Crippen LogP contribution is 2.40. The number of nitrogens with zero attached hydrogens (tertiary/aromatic N) is 7. The van der Waals surface area contributed by atoms with Crippen molar-refractivity contribution >= 4 is 23.3 Å². The molecule has 0 unspecified atom stereocenters. The van der Waals surface area contributed by atoms with Gasteiger partial charge in [0.05, 0.1) is 11.0 Å². The summed E-state index contributed by atoms with van der Waals surface area (Å²) in [5.74, 6) is 0.165. The SMILES string of the molecule is CNc1ncnc(Sc2nnnn2C2CC2)c1[N+](=O)[O-]. The summed E-state index contributed by atoms with van der Waals surface area (Å²) in [5, 5.41) is 26.0. The zero-order valence-electron chi connectivity index (χ0n) is 10.4. The molecule has 2 aromatic heterocycles. The van der Waals surface area contributed by atoms with Crippen molar-refractivity contribution in [3.8, 4) is 0 Å². The van der Waals surface area contributed by atoms with Crippen molar-refractivity contribution in [3.05, 3.63) is 16.4 Å². The van der Waals surface area contributed by atoms with Gasteiger partial charge >= 0.3 is 5.69 Å². The van der Waals surface area contributed by atoms with Crippen molar-refractivity contribution in [3.63, 3.8) is 0 Å². The van der Waals surface area contributed by atoms with Gasteiger partial charge in [-0.3, -0.25) is 10.1 Å². The molecule has 2 heterocycles. The molecular weight excluding hydrogens is 284 g/mol. The molecule has 20 heavy (non-hydrogen) atoms. The highest BCUT2D eigenvalue weighted by Gasteiger charge is 2.30. The van der Waals surface area contributed by atoms with Crippen LogP contribution in [0.2, 0.25) is 0 Å². The Kier molecular flexibility index (Phi) is 3.18. The van der Waals surface area contributed by atoms with Gasteiger partial charge in [0.25, 0.3) is 0 Å². The normalized spacial score (nSPS) is 14.2. The van der Waals surface area contributed by atoms with Crippen LogP contribution in [0.15, 0.2) is 16.5 Å². The molecule has 0 bridgehead atoms. The van der Waals surface area contributed by atoms with Crippen LogP contribution in [0.25, 0.3) is 0 Å². The van der Waals surface area contributed by atoms with Gasteiger partial charge in [-0.15, -0.1) is 5.10 Å². The Hall–Kier alpha value is -2.30. The number of nitro groups is 1. The van der Waals surface area contributed by atoms with Crippen LogP contribution >= 0.6 is 11.8 Å². The Balaban J connectivity index is 1.97. The third kappa shape index (κ3) is 2.27. The van der Waals surface area contributed by atoms with E-state index < -0.39 is 4.92 Å². The average molecular weight is 294 g/mol. The van der Waals surface area contributed by atoms with E-state index in [0.29, 0.717) is 5.16 Å². The maximum absolute atomic E-state index is 11.2. The van der Waals surface area contributed by atoms with Crippen LogP contribution in [0.1, 0.15) is 18.9 Å². The Labute approximate surface area is 117 Å². The first kappa shape index (κ1) is 12.7. The molecule has 11 heteroatoms. The second-order valence-corrected chi connectivity index (χ2v) is 5.08. The maximum Gasteiger partial charge on any atom is 0.343 e. The van der Waals surface area contributed by atoms with Crippen LogP contribution in [0, 0.1) is 10.1 Å². The van der Waals surface area contributed by atoms with Gasteiger partial charge in [0.1, 0.15) is 6.33 Å². The van der Waals surface area contributed by atoms with Gasteiger partial charge in [0.15, 0.2) is 5.03 Å². The summed E-state index contributed by atoms with van der Waals surface area (Å²) < 4.78 is 1.68. The number of tetrazole rings is 1. The summed E-state index contributed by atoms with van der Waals surface area (Å²) in [6, 6.07) is 0.289. The minimum Gasteiger partial charge on any atom is -0.367 e. The predicted molar refractivity (Wildman–Crippen MR) is 68.4 cm³/mol. The minimum absolute atomic E-state index is 0.165. The van der Waals surface area contributed by atoms with E-state index in [-0.39, 0.29) is 22.6 Å². The first-order chi connectivity index (χ1) is 9.70. The highest BCUT2D eigenvalue weighted by molar-refractivity contribution is 7.99. The molecule has 1 aliphatic rings. The fraction of sp³-hybridized carbons (Fsp3) is 0.444. The molecule has 0 spiro atoms. The minimum atomic E-state index is -0.514. The highest BCUT2D eigenvalue weighted by atomic mass is 32.2. The van der Waals surface area contributed by atoms with Gasteiger partial charge in [-0.05, 0) is 35.0 Å². The Morgan fingerprint density at radius 2 is 2.30 bits per heavy atom. The van der Waals surface area contributed by atoms with E-state index in [2.05, 4.69) is 30.8 Å². The first-order valence-corrected chi connectivity index (χ1v) is 6.65. The Bertz CT molecular complexity index is 655. The molecule has 1 fully saturated rings. The zero-order valence-corrected chi connectivity index (χ0v) is 11.2. The van der Waals surface area contributed by atoms with Gasteiger partial charge < -0.3 is 5.32 Å². The van der Waals surface area contributed by atoms with Crippen molar-refractivity contribution in [2.75, 3.05) is 12.4 Å². The number of nitrogens with one attached hydrogen (secondary N) is 1. The maximum atomic E-state index is 11.2. The third-order valence-electron chi connectivity index (χ3n) is 2.75. The van der Waals surface area contributed by atoms with Crippen LogP contribution < -0.4 is 5.32 Å². The first-order valence-electron chi connectivity index (χ1n) is 5.83. The molecule has 0 atom stereocenters. The standard InChI is InChI=1S/C9H10N8O2S/c1-10-7-6(17(18)19)8(12-4-11-7)20-9-13-14-15-16(9)5-2-3-5/h4-5H,2-3H2,1H3,(H,10,11,12). The van der Waals surface area contributed by atoms with Crippen molar-refractivity contribution in [2.45, 2.75) is 29.1 Å². The van der Waals surface area contributed by atoms with Crippen molar-refractivity contribution < 1.29 is 4.92 Å². The number of aromatic nitrogens is 6. The van der Waals surface area contributed by atoms with E-state index in [1.54, 1.807) is 11.7 Å². The molecule has 0 radical (unpaired) electrons. The fourth-order valence-electron chi connectivity index (χ4n) is 1.67. The largest absolute Gasteiger partial charge is 0.367 e. The van der Waals surface area contributed by atoms with E-state index in [1.807, 2.05) is 0 Å². The van der Waals surface area contributed by atoms with Crippen LogP contribution in [0.4, 0.5) is 11.5 Å². The Morgan fingerprint density at radius 3 is 2.95 bits per heavy atom. The quantitative estimate of drug-likeness (QED) is 0.486. The summed E-state index contributed by atoms with van der Waals surface area (Å²) >= 11 is 1.07. The zero-order chi connectivity index (χ0) is 14.1. The molecule has 1 aliphatic carbocycles. The van der Waals surface area contributed by atoms with Crippen LogP contribution in [0.5, 0.6) is 0 Å². The molecule has 0 saturated heterocycles. The van der Waals surface area contributed by atoms with Gasteiger partial charge in [-0.2, -0.15) is 0 Å². The topological polar surface area (TPSA) is 125 Å².